The Morgan fingerprint density at radius 3 is 2.79 bits per heavy atom. The van der Waals surface area contributed by atoms with E-state index in [1.54, 1.807) is 13.3 Å². The van der Waals surface area contributed by atoms with E-state index in [2.05, 4.69) is 22.3 Å². The van der Waals surface area contributed by atoms with Crippen LogP contribution in [0.25, 0.3) is 10.9 Å². The fraction of sp³-hybridized carbons (Fsp3) is 0.379. The lowest BCUT2D eigenvalue weighted by molar-refractivity contribution is -0.139. The van der Waals surface area contributed by atoms with Crippen molar-refractivity contribution < 1.29 is 33.0 Å². The molecule has 7 nitrogen and oxygen atoms in total. The van der Waals surface area contributed by atoms with E-state index in [9.17, 15) is 28.3 Å². The number of benzene rings is 2. The summed E-state index contributed by atoms with van der Waals surface area (Å²) in [6.07, 6.45) is 3.62. The molecule has 0 radical (unpaired) electrons. The standard InChI is InChI=1S/C29H30F3N3O4/c1-39-22-5-7-26-24(16-22)23(8-10-33-26)27(34-38)6-4-18-9-12-35(17-20(18)14-28(36)37)11-2-3-19-13-21(30)15-25(31)29(19)32/h5,7-8,10,13,15-16,18,20,27,34,38H,4,6,9,11-12,14,17H2,1H3,(H,36,37)/t18-,20+,27+/m1/s1. The molecule has 39 heavy (non-hydrogen) atoms. The molecule has 1 aliphatic heterocycles. The third-order valence-electron chi connectivity index (χ3n) is 7.27. The molecule has 0 spiro atoms. The van der Waals surface area contributed by atoms with Crippen LogP contribution in [-0.2, 0) is 4.79 Å². The van der Waals surface area contributed by atoms with Crippen molar-refractivity contribution in [3.63, 3.8) is 0 Å². The monoisotopic (exact) mass is 541 g/mol. The predicted molar refractivity (Wildman–Crippen MR) is 139 cm³/mol. The summed E-state index contributed by atoms with van der Waals surface area (Å²) in [5.41, 5.74) is 3.69. The van der Waals surface area contributed by atoms with Gasteiger partial charge in [0, 0.05) is 30.6 Å². The molecule has 0 aliphatic carbocycles. The van der Waals surface area contributed by atoms with Gasteiger partial charge in [-0.15, -0.1) is 0 Å². The number of piperidine rings is 1. The van der Waals surface area contributed by atoms with Crippen molar-refractivity contribution in [2.45, 2.75) is 31.7 Å². The molecule has 10 heteroatoms. The second-order valence-corrected chi connectivity index (χ2v) is 9.74. The van der Waals surface area contributed by atoms with Gasteiger partial charge in [-0.1, -0.05) is 11.8 Å². The van der Waals surface area contributed by atoms with Crippen LogP contribution in [0.5, 0.6) is 5.75 Å². The van der Waals surface area contributed by atoms with Crippen LogP contribution in [0.2, 0.25) is 0 Å². The molecule has 1 fully saturated rings. The SMILES string of the molecule is COc1ccc2nccc([C@H](CC[C@@H]3CCN(CC#Cc4cc(F)cc(F)c4F)C[C@@H]3CC(=O)O)NO)c2c1. The van der Waals surface area contributed by atoms with Crippen LogP contribution in [0.3, 0.4) is 0 Å². The Kier molecular flexibility index (Phi) is 9.41. The van der Waals surface area contributed by atoms with Crippen molar-refractivity contribution in [2.24, 2.45) is 11.8 Å². The lowest BCUT2D eigenvalue weighted by atomic mass is 9.79. The molecular weight excluding hydrogens is 511 g/mol. The molecule has 3 aromatic rings. The number of hydrogen-bond acceptors (Lipinski definition) is 6. The minimum absolute atomic E-state index is 0.0229. The molecular formula is C29H30F3N3O4. The van der Waals surface area contributed by atoms with Crippen molar-refractivity contribution in [1.82, 2.24) is 15.4 Å². The van der Waals surface area contributed by atoms with Crippen molar-refractivity contribution in [1.29, 1.82) is 0 Å². The first-order chi connectivity index (χ1) is 18.8. The Morgan fingerprint density at radius 2 is 2.05 bits per heavy atom. The number of likely N-dealkylation sites (tertiary alicyclic amines) is 1. The van der Waals surface area contributed by atoms with E-state index >= 15 is 0 Å². The van der Waals surface area contributed by atoms with Crippen LogP contribution in [0.4, 0.5) is 13.2 Å². The summed E-state index contributed by atoms with van der Waals surface area (Å²) in [6.45, 7) is 1.33. The van der Waals surface area contributed by atoms with Crippen LogP contribution in [0.1, 0.15) is 42.9 Å². The lowest BCUT2D eigenvalue weighted by Gasteiger charge is -2.38. The fourth-order valence-corrected chi connectivity index (χ4v) is 5.28. The number of pyridine rings is 1. The van der Waals surface area contributed by atoms with E-state index < -0.39 is 29.5 Å². The first-order valence-electron chi connectivity index (χ1n) is 12.7. The predicted octanol–water partition coefficient (Wildman–Crippen LogP) is 4.93. The Morgan fingerprint density at radius 1 is 1.23 bits per heavy atom. The summed E-state index contributed by atoms with van der Waals surface area (Å²) in [5, 5.41) is 20.4. The number of carboxylic acids is 1. The van der Waals surface area contributed by atoms with Gasteiger partial charge in [-0.2, -0.15) is 5.48 Å². The largest absolute Gasteiger partial charge is 0.497 e. The molecule has 2 heterocycles. The molecule has 2 aromatic carbocycles. The quantitative estimate of drug-likeness (QED) is 0.201. The average molecular weight is 542 g/mol. The number of hydrogen-bond donors (Lipinski definition) is 3. The van der Waals surface area contributed by atoms with Gasteiger partial charge in [0.1, 0.15) is 11.6 Å². The van der Waals surface area contributed by atoms with Crippen molar-refractivity contribution in [3.8, 4) is 17.6 Å². The maximum Gasteiger partial charge on any atom is 0.303 e. The normalized spacial score (nSPS) is 18.4. The Labute approximate surface area is 224 Å². The Balaban J connectivity index is 1.43. The number of nitrogens with zero attached hydrogens (tertiary/aromatic N) is 2. The van der Waals surface area contributed by atoms with E-state index in [1.807, 2.05) is 29.2 Å². The van der Waals surface area contributed by atoms with E-state index in [0.717, 1.165) is 22.5 Å². The van der Waals surface area contributed by atoms with Crippen molar-refractivity contribution in [3.05, 3.63) is 71.2 Å². The van der Waals surface area contributed by atoms with Crippen LogP contribution in [-0.4, -0.2) is 52.9 Å². The number of ether oxygens (including phenoxy) is 1. The van der Waals surface area contributed by atoms with Gasteiger partial charge in [0.05, 0.1) is 30.8 Å². The fourth-order valence-electron chi connectivity index (χ4n) is 5.28. The number of carboxylic acid groups (broad SMARTS) is 1. The second-order valence-electron chi connectivity index (χ2n) is 9.74. The number of aliphatic carboxylic acids is 1. The summed E-state index contributed by atoms with van der Waals surface area (Å²) >= 11 is 0. The average Bonchev–Trinajstić information content (AvgIpc) is 2.92. The molecule has 1 aromatic heterocycles. The smallest absolute Gasteiger partial charge is 0.303 e. The second kappa shape index (κ2) is 12.9. The molecule has 0 amide bonds. The highest BCUT2D eigenvalue weighted by Crippen LogP contribution is 2.34. The first-order valence-corrected chi connectivity index (χ1v) is 12.7. The van der Waals surface area contributed by atoms with Gasteiger partial charge in [-0.3, -0.25) is 14.7 Å². The van der Waals surface area contributed by atoms with E-state index in [-0.39, 0.29) is 30.4 Å². The minimum atomic E-state index is -1.30. The molecule has 1 saturated heterocycles. The lowest BCUT2D eigenvalue weighted by Crippen LogP contribution is -2.41. The van der Waals surface area contributed by atoms with Crippen LogP contribution in [0.15, 0.2) is 42.6 Å². The van der Waals surface area contributed by atoms with E-state index in [0.29, 0.717) is 44.2 Å². The van der Waals surface area contributed by atoms with Gasteiger partial charge in [0.2, 0.25) is 0 Å². The van der Waals surface area contributed by atoms with Gasteiger partial charge in [0.25, 0.3) is 0 Å². The molecule has 0 unspecified atom stereocenters. The first kappa shape index (κ1) is 28.4. The molecule has 0 bridgehead atoms. The minimum Gasteiger partial charge on any atom is -0.497 e. The summed E-state index contributed by atoms with van der Waals surface area (Å²) in [5.74, 6) is 1.56. The third kappa shape index (κ3) is 7.06. The zero-order chi connectivity index (χ0) is 27.9. The highest BCUT2D eigenvalue weighted by Gasteiger charge is 2.31. The number of methoxy groups -OCH3 is 1. The van der Waals surface area contributed by atoms with Gasteiger partial charge < -0.3 is 15.1 Å². The number of fused-ring (bicyclic) bond motifs is 1. The number of halogens is 3. The summed E-state index contributed by atoms with van der Waals surface area (Å²) in [6, 6.07) is 8.32. The highest BCUT2D eigenvalue weighted by molar-refractivity contribution is 5.84. The topological polar surface area (TPSA) is 94.9 Å². The van der Waals surface area contributed by atoms with Crippen LogP contribution < -0.4 is 10.2 Å². The molecule has 0 saturated carbocycles. The van der Waals surface area contributed by atoms with E-state index in [1.165, 1.54) is 0 Å². The number of carbonyl (C=O) groups is 1. The highest BCUT2D eigenvalue weighted by atomic mass is 19.2. The molecule has 1 aliphatic rings. The Bertz CT molecular complexity index is 1390. The van der Waals surface area contributed by atoms with Crippen LogP contribution >= 0.6 is 0 Å². The number of hydroxylamine groups is 1. The number of nitrogens with one attached hydrogen (secondary N) is 1. The maximum atomic E-state index is 13.9. The molecule has 206 valence electrons. The number of rotatable bonds is 9. The Hall–Kier alpha value is -3.65. The third-order valence-corrected chi connectivity index (χ3v) is 7.27. The zero-order valence-electron chi connectivity index (χ0n) is 21.5. The van der Waals surface area contributed by atoms with Crippen molar-refractivity contribution >= 4 is 16.9 Å². The molecule has 3 atom stereocenters. The zero-order valence-corrected chi connectivity index (χ0v) is 21.5. The van der Waals surface area contributed by atoms with Crippen molar-refractivity contribution in [2.75, 3.05) is 26.7 Å². The van der Waals surface area contributed by atoms with Gasteiger partial charge in [0.15, 0.2) is 11.6 Å². The van der Waals surface area contributed by atoms with Gasteiger partial charge in [-0.05, 0) is 73.5 Å². The van der Waals surface area contributed by atoms with Gasteiger partial charge in [-0.25, -0.2) is 13.2 Å². The van der Waals surface area contributed by atoms with E-state index in [4.69, 9.17) is 4.74 Å². The number of aromatic nitrogens is 1. The van der Waals surface area contributed by atoms with Crippen LogP contribution in [0, 0.1) is 41.1 Å². The maximum absolute atomic E-state index is 13.9. The summed E-state index contributed by atoms with van der Waals surface area (Å²) < 4.78 is 46.1. The van der Waals surface area contributed by atoms with Gasteiger partial charge >= 0.3 is 5.97 Å². The molecule has 3 N–H and O–H groups in total. The summed E-state index contributed by atoms with van der Waals surface area (Å²) in [7, 11) is 1.58. The summed E-state index contributed by atoms with van der Waals surface area (Å²) in [4.78, 5) is 18.0. The molecule has 4 rings (SSSR count).